The Morgan fingerprint density at radius 2 is 2.11 bits per heavy atom. The SMILES string of the molecule is NC(N)=N[C@@H](Cc1c[nH]c2ccccc12)C(=O)O. The molecule has 18 heavy (non-hydrogen) atoms. The summed E-state index contributed by atoms with van der Waals surface area (Å²) in [6.07, 6.45) is 2.03. The van der Waals surface area contributed by atoms with Gasteiger partial charge in [-0.2, -0.15) is 0 Å². The number of aromatic nitrogens is 1. The summed E-state index contributed by atoms with van der Waals surface area (Å²) in [5.41, 5.74) is 12.3. The minimum Gasteiger partial charge on any atom is -0.480 e. The van der Waals surface area contributed by atoms with E-state index < -0.39 is 12.0 Å². The maximum absolute atomic E-state index is 11.1. The summed E-state index contributed by atoms with van der Waals surface area (Å²) < 4.78 is 0. The lowest BCUT2D eigenvalue weighted by Gasteiger charge is -2.07. The van der Waals surface area contributed by atoms with E-state index in [0.717, 1.165) is 16.5 Å². The summed E-state index contributed by atoms with van der Waals surface area (Å²) in [7, 11) is 0. The van der Waals surface area contributed by atoms with Crippen LogP contribution in [0.3, 0.4) is 0 Å². The number of guanidine groups is 1. The molecule has 0 aliphatic rings. The predicted molar refractivity (Wildman–Crippen MR) is 69.2 cm³/mol. The average Bonchev–Trinajstić information content (AvgIpc) is 2.71. The Morgan fingerprint density at radius 1 is 1.39 bits per heavy atom. The summed E-state index contributed by atoms with van der Waals surface area (Å²) in [6.45, 7) is 0. The molecule has 6 heteroatoms. The van der Waals surface area contributed by atoms with Gasteiger partial charge in [-0.3, -0.25) is 0 Å². The fourth-order valence-corrected chi connectivity index (χ4v) is 1.88. The maximum Gasteiger partial charge on any atom is 0.328 e. The van der Waals surface area contributed by atoms with Crippen LogP contribution in [0.1, 0.15) is 5.56 Å². The zero-order valence-electron chi connectivity index (χ0n) is 9.63. The number of H-pyrrole nitrogens is 1. The highest BCUT2D eigenvalue weighted by molar-refractivity contribution is 5.85. The Bertz CT molecular complexity index is 599. The van der Waals surface area contributed by atoms with Gasteiger partial charge in [-0.1, -0.05) is 18.2 Å². The molecule has 6 N–H and O–H groups in total. The normalized spacial score (nSPS) is 12.2. The lowest BCUT2D eigenvalue weighted by Crippen LogP contribution is -2.30. The number of para-hydroxylation sites is 1. The van der Waals surface area contributed by atoms with Gasteiger partial charge in [0.1, 0.15) is 0 Å². The van der Waals surface area contributed by atoms with Crippen molar-refractivity contribution in [1.29, 1.82) is 0 Å². The molecule has 1 aromatic carbocycles. The molecule has 0 fully saturated rings. The number of aliphatic imine (C=N–C) groups is 1. The third-order valence-corrected chi connectivity index (χ3v) is 2.68. The Hall–Kier alpha value is -2.50. The van der Waals surface area contributed by atoms with Crippen molar-refractivity contribution in [1.82, 2.24) is 4.98 Å². The number of benzene rings is 1. The largest absolute Gasteiger partial charge is 0.480 e. The fourth-order valence-electron chi connectivity index (χ4n) is 1.88. The summed E-state index contributed by atoms with van der Waals surface area (Å²) in [4.78, 5) is 17.9. The average molecular weight is 246 g/mol. The molecular weight excluding hydrogens is 232 g/mol. The van der Waals surface area contributed by atoms with Crippen molar-refractivity contribution in [2.45, 2.75) is 12.5 Å². The van der Waals surface area contributed by atoms with E-state index in [1.165, 1.54) is 0 Å². The molecule has 0 bridgehead atoms. The predicted octanol–water partition coefficient (Wildman–Crippen LogP) is 0.437. The number of nitrogens with one attached hydrogen (secondary N) is 1. The summed E-state index contributed by atoms with van der Waals surface area (Å²) >= 11 is 0. The van der Waals surface area contributed by atoms with E-state index in [-0.39, 0.29) is 12.4 Å². The van der Waals surface area contributed by atoms with Gasteiger partial charge in [0.05, 0.1) is 0 Å². The first-order valence-corrected chi connectivity index (χ1v) is 5.44. The number of carboxylic acids is 1. The first-order chi connectivity index (χ1) is 8.58. The summed E-state index contributed by atoms with van der Waals surface area (Å²) in [5.74, 6) is -1.27. The Kier molecular flexibility index (Phi) is 3.18. The monoisotopic (exact) mass is 246 g/mol. The number of hydrogen-bond donors (Lipinski definition) is 4. The quantitative estimate of drug-likeness (QED) is 0.462. The van der Waals surface area contributed by atoms with E-state index in [0.29, 0.717) is 0 Å². The van der Waals surface area contributed by atoms with Gasteiger partial charge in [0.2, 0.25) is 0 Å². The van der Waals surface area contributed by atoms with Crippen LogP contribution in [0.25, 0.3) is 10.9 Å². The number of aliphatic carboxylic acids is 1. The van der Waals surface area contributed by atoms with E-state index in [1.54, 1.807) is 6.20 Å². The lowest BCUT2D eigenvalue weighted by atomic mass is 10.1. The number of nitrogens with zero attached hydrogens (tertiary/aromatic N) is 1. The van der Waals surface area contributed by atoms with Gasteiger partial charge in [0, 0.05) is 23.5 Å². The molecule has 2 aromatic rings. The second-order valence-corrected chi connectivity index (χ2v) is 3.97. The molecule has 1 aromatic heterocycles. The van der Waals surface area contributed by atoms with Crippen LogP contribution >= 0.6 is 0 Å². The molecule has 0 saturated carbocycles. The molecule has 0 spiro atoms. The standard InChI is InChI=1S/C12H14N4O2/c13-12(14)16-10(11(17)18)5-7-6-15-9-4-2-1-3-8(7)9/h1-4,6,10,15H,5H2,(H,17,18)(H4,13,14,16)/t10-/m0/s1. The van der Waals surface area contributed by atoms with Gasteiger partial charge in [-0.25, -0.2) is 9.79 Å². The van der Waals surface area contributed by atoms with Crippen LogP contribution < -0.4 is 11.5 Å². The smallest absolute Gasteiger partial charge is 0.328 e. The zero-order chi connectivity index (χ0) is 13.1. The molecule has 2 rings (SSSR count). The van der Waals surface area contributed by atoms with Gasteiger partial charge in [0.15, 0.2) is 12.0 Å². The first-order valence-electron chi connectivity index (χ1n) is 5.44. The minimum absolute atomic E-state index is 0.220. The van der Waals surface area contributed by atoms with E-state index in [4.69, 9.17) is 16.6 Å². The molecule has 0 unspecified atom stereocenters. The van der Waals surface area contributed by atoms with Crippen molar-refractivity contribution in [2.75, 3.05) is 0 Å². The van der Waals surface area contributed by atoms with Crippen molar-refractivity contribution in [2.24, 2.45) is 16.5 Å². The van der Waals surface area contributed by atoms with Crippen LogP contribution in [0.4, 0.5) is 0 Å². The highest BCUT2D eigenvalue weighted by Crippen LogP contribution is 2.19. The molecule has 0 aliphatic heterocycles. The first kappa shape index (κ1) is 12.0. The molecule has 6 nitrogen and oxygen atoms in total. The molecule has 1 atom stereocenters. The summed E-state index contributed by atoms with van der Waals surface area (Å²) in [5, 5.41) is 10.0. The molecule has 0 amide bonds. The van der Waals surface area contributed by atoms with Crippen molar-refractivity contribution in [3.05, 3.63) is 36.0 Å². The van der Waals surface area contributed by atoms with E-state index in [1.807, 2.05) is 24.3 Å². The number of carboxylic acid groups (broad SMARTS) is 1. The molecule has 0 saturated heterocycles. The van der Waals surface area contributed by atoms with Gasteiger partial charge in [-0.05, 0) is 11.6 Å². The molecule has 0 aliphatic carbocycles. The van der Waals surface area contributed by atoms with Gasteiger partial charge < -0.3 is 21.6 Å². The van der Waals surface area contributed by atoms with Crippen LogP contribution in [0, 0.1) is 0 Å². The second-order valence-electron chi connectivity index (χ2n) is 3.97. The van der Waals surface area contributed by atoms with Gasteiger partial charge >= 0.3 is 5.97 Å². The topological polar surface area (TPSA) is 117 Å². The maximum atomic E-state index is 11.1. The number of aromatic amines is 1. The Labute approximate surface area is 103 Å². The van der Waals surface area contributed by atoms with Gasteiger partial charge in [-0.15, -0.1) is 0 Å². The van der Waals surface area contributed by atoms with E-state index >= 15 is 0 Å². The van der Waals surface area contributed by atoms with Crippen molar-refractivity contribution < 1.29 is 9.90 Å². The zero-order valence-corrected chi connectivity index (χ0v) is 9.63. The highest BCUT2D eigenvalue weighted by Gasteiger charge is 2.18. The molecular formula is C12H14N4O2. The number of hydrogen-bond acceptors (Lipinski definition) is 2. The Balaban J connectivity index is 2.32. The van der Waals surface area contributed by atoms with Gasteiger partial charge in [0.25, 0.3) is 0 Å². The summed E-state index contributed by atoms with van der Waals surface area (Å²) in [6, 6.07) is 6.70. The molecule has 1 heterocycles. The van der Waals surface area contributed by atoms with Crippen LogP contribution in [0.15, 0.2) is 35.5 Å². The fraction of sp³-hybridized carbons (Fsp3) is 0.167. The molecule has 94 valence electrons. The van der Waals surface area contributed by atoms with Crippen LogP contribution in [-0.2, 0) is 11.2 Å². The number of fused-ring (bicyclic) bond motifs is 1. The molecule has 0 radical (unpaired) electrons. The lowest BCUT2D eigenvalue weighted by molar-refractivity contribution is -0.138. The number of nitrogens with two attached hydrogens (primary N) is 2. The second kappa shape index (κ2) is 4.79. The van der Waals surface area contributed by atoms with Crippen molar-refractivity contribution in [3.63, 3.8) is 0 Å². The Morgan fingerprint density at radius 3 is 2.78 bits per heavy atom. The third-order valence-electron chi connectivity index (χ3n) is 2.68. The number of rotatable bonds is 4. The highest BCUT2D eigenvalue weighted by atomic mass is 16.4. The number of carbonyl (C=O) groups is 1. The van der Waals surface area contributed by atoms with Crippen LogP contribution in [-0.4, -0.2) is 28.1 Å². The van der Waals surface area contributed by atoms with Crippen LogP contribution in [0.5, 0.6) is 0 Å². The van der Waals surface area contributed by atoms with E-state index in [9.17, 15) is 4.79 Å². The van der Waals surface area contributed by atoms with Crippen molar-refractivity contribution >= 4 is 22.8 Å². The van der Waals surface area contributed by atoms with E-state index in [2.05, 4.69) is 9.98 Å². The van der Waals surface area contributed by atoms with Crippen LogP contribution in [0.2, 0.25) is 0 Å². The van der Waals surface area contributed by atoms with Crippen molar-refractivity contribution in [3.8, 4) is 0 Å². The third kappa shape index (κ3) is 2.42. The minimum atomic E-state index is -1.05.